The summed E-state index contributed by atoms with van der Waals surface area (Å²) in [5.41, 5.74) is 2.75. The third-order valence-electron chi connectivity index (χ3n) is 3.79. The van der Waals surface area contributed by atoms with E-state index in [4.69, 9.17) is 0 Å². The number of benzene rings is 1. The largest absolute Gasteiger partial charge is 0.354 e. The SMILES string of the molecule is CNC(C)CNC(=O)C1CCc2ccccc2C1. The molecule has 1 amide bonds. The van der Waals surface area contributed by atoms with Crippen LogP contribution in [0.5, 0.6) is 0 Å². The molecule has 3 heteroatoms. The van der Waals surface area contributed by atoms with Crippen LogP contribution in [0, 0.1) is 5.92 Å². The first-order chi connectivity index (χ1) is 8.70. The van der Waals surface area contributed by atoms with Crippen LogP contribution in [0.25, 0.3) is 0 Å². The number of hydrogen-bond acceptors (Lipinski definition) is 2. The second-order valence-corrected chi connectivity index (χ2v) is 5.14. The third kappa shape index (κ3) is 3.10. The van der Waals surface area contributed by atoms with Crippen molar-refractivity contribution in [3.05, 3.63) is 35.4 Å². The van der Waals surface area contributed by atoms with Gasteiger partial charge in [0.1, 0.15) is 0 Å². The van der Waals surface area contributed by atoms with Gasteiger partial charge in [0.15, 0.2) is 0 Å². The Labute approximate surface area is 109 Å². The fraction of sp³-hybridized carbons (Fsp3) is 0.533. The average Bonchev–Trinajstić information content (AvgIpc) is 2.43. The monoisotopic (exact) mass is 246 g/mol. The van der Waals surface area contributed by atoms with Crippen LogP contribution in [0.15, 0.2) is 24.3 Å². The highest BCUT2D eigenvalue weighted by Crippen LogP contribution is 2.25. The van der Waals surface area contributed by atoms with Gasteiger partial charge in [-0.1, -0.05) is 24.3 Å². The normalized spacial score (nSPS) is 20.0. The van der Waals surface area contributed by atoms with Crippen molar-refractivity contribution in [1.82, 2.24) is 10.6 Å². The fourth-order valence-electron chi connectivity index (χ4n) is 2.42. The molecule has 1 aliphatic carbocycles. The topological polar surface area (TPSA) is 41.1 Å². The van der Waals surface area contributed by atoms with E-state index in [1.165, 1.54) is 11.1 Å². The van der Waals surface area contributed by atoms with E-state index >= 15 is 0 Å². The van der Waals surface area contributed by atoms with Crippen molar-refractivity contribution in [3.8, 4) is 0 Å². The Morgan fingerprint density at radius 2 is 2.11 bits per heavy atom. The predicted molar refractivity (Wildman–Crippen MR) is 73.5 cm³/mol. The van der Waals surface area contributed by atoms with E-state index in [0.29, 0.717) is 12.6 Å². The maximum atomic E-state index is 12.1. The van der Waals surface area contributed by atoms with Gasteiger partial charge < -0.3 is 10.6 Å². The molecule has 2 rings (SSSR count). The van der Waals surface area contributed by atoms with E-state index in [-0.39, 0.29) is 11.8 Å². The van der Waals surface area contributed by atoms with Crippen LogP contribution in [0.2, 0.25) is 0 Å². The van der Waals surface area contributed by atoms with Crippen molar-refractivity contribution in [2.24, 2.45) is 5.92 Å². The standard InChI is InChI=1S/C15H22N2O/c1-11(16-2)10-17-15(18)14-8-7-12-5-3-4-6-13(12)9-14/h3-6,11,14,16H,7-10H2,1-2H3,(H,17,18). The van der Waals surface area contributed by atoms with E-state index in [0.717, 1.165) is 19.3 Å². The number of carbonyl (C=O) groups excluding carboxylic acids is 1. The molecule has 0 fully saturated rings. The van der Waals surface area contributed by atoms with E-state index in [1.807, 2.05) is 7.05 Å². The first-order valence-electron chi connectivity index (χ1n) is 6.72. The number of likely N-dealkylation sites (N-methyl/N-ethyl adjacent to an activating group) is 1. The summed E-state index contributed by atoms with van der Waals surface area (Å²) in [6.45, 7) is 2.77. The Hall–Kier alpha value is -1.35. The third-order valence-corrected chi connectivity index (χ3v) is 3.79. The van der Waals surface area contributed by atoms with Gasteiger partial charge in [-0.2, -0.15) is 0 Å². The van der Waals surface area contributed by atoms with Gasteiger partial charge in [-0.15, -0.1) is 0 Å². The minimum atomic E-state index is 0.143. The zero-order valence-corrected chi connectivity index (χ0v) is 11.2. The molecule has 0 saturated carbocycles. The Morgan fingerprint density at radius 1 is 1.39 bits per heavy atom. The lowest BCUT2D eigenvalue weighted by atomic mass is 9.83. The number of carbonyl (C=O) groups is 1. The van der Waals surface area contributed by atoms with Gasteiger partial charge >= 0.3 is 0 Å². The van der Waals surface area contributed by atoms with Gasteiger partial charge in [-0.25, -0.2) is 0 Å². The molecule has 0 spiro atoms. The summed E-state index contributed by atoms with van der Waals surface area (Å²) in [5.74, 6) is 0.343. The van der Waals surface area contributed by atoms with E-state index < -0.39 is 0 Å². The maximum Gasteiger partial charge on any atom is 0.223 e. The molecule has 0 aliphatic heterocycles. The number of nitrogens with one attached hydrogen (secondary N) is 2. The zero-order chi connectivity index (χ0) is 13.0. The number of amides is 1. The summed E-state index contributed by atoms with van der Waals surface area (Å²) in [6, 6.07) is 8.78. The molecular weight excluding hydrogens is 224 g/mol. The lowest BCUT2D eigenvalue weighted by Crippen LogP contribution is -2.41. The molecule has 1 aromatic carbocycles. The number of fused-ring (bicyclic) bond motifs is 1. The van der Waals surface area contributed by atoms with Crippen LogP contribution in [0.1, 0.15) is 24.5 Å². The van der Waals surface area contributed by atoms with Gasteiger partial charge in [0.05, 0.1) is 0 Å². The van der Waals surface area contributed by atoms with Gasteiger partial charge in [-0.3, -0.25) is 4.79 Å². The average molecular weight is 246 g/mol. The second kappa shape index (κ2) is 6.01. The van der Waals surface area contributed by atoms with Crippen LogP contribution in [0.4, 0.5) is 0 Å². The zero-order valence-electron chi connectivity index (χ0n) is 11.2. The summed E-state index contributed by atoms with van der Waals surface area (Å²) in [4.78, 5) is 12.1. The maximum absolute atomic E-state index is 12.1. The molecule has 1 aliphatic rings. The molecule has 18 heavy (non-hydrogen) atoms. The summed E-state index contributed by atoms with van der Waals surface area (Å²) >= 11 is 0. The van der Waals surface area contributed by atoms with E-state index in [1.54, 1.807) is 0 Å². The molecule has 0 radical (unpaired) electrons. The molecule has 0 saturated heterocycles. The van der Waals surface area contributed by atoms with Crippen LogP contribution >= 0.6 is 0 Å². The minimum Gasteiger partial charge on any atom is -0.354 e. The van der Waals surface area contributed by atoms with Crippen molar-refractivity contribution in [2.45, 2.75) is 32.2 Å². The highest BCUT2D eigenvalue weighted by Gasteiger charge is 2.24. The van der Waals surface area contributed by atoms with Crippen molar-refractivity contribution in [3.63, 3.8) is 0 Å². The smallest absolute Gasteiger partial charge is 0.223 e. The minimum absolute atomic E-state index is 0.143. The Bertz CT molecular complexity index is 417. The molecule has 2 atom stereocenters. The summed E-state index contributed by atoms with van der Waals surface area (Å²) < 4.78 is 0. The highest BCUT2D eigenvalue weighted by molar-refractivity contribution is 5.79. The quantitative estimate of drug-likeness (QED) is 0.845. The first kappa shape index (κ1) is 13.1. The molecular formula is C15H22N2O. The van der Waals surface area contributed by atoms with E-state index in [2.05, 4.69) is 41.8 Å². The van der Waals surface area contributed by atoms with Crippen molar-refractivity contribution < 1.29 is 4.79 Å². The Kier molecular flexibility index (Phi) is 4.37. The molecule has 0 bridgehead atoms. The Morgan fingerprint density at radius 3 is 2.83 bits per heavy atom. The molecule has 2 N–H and O–H groups in total. The first-order valence-corrected chi connectivity index (χ1v) is 6.72. The lowest BCUT2D eigenvalue weighted by Gasteiger charge is -2.24. The van der Waals surface area contributed by atoms with Gasteiger partial charge in [0, 0.05) is 18.5 Å². The van der Waals surface area contributed by atoms with Crippen LogP contribution in [-0.2, 0) is 17.6 Å². The van der Waals surface area contributed by atoms with Gasteiger partial charge in [0.25, 0.3) is 0 Å². The number of aryl methyl sites for hydroxylation is 1. The van der Waals surface area contributed by atoms with Crippen molar-refractivity contribution in [1.29, 1.82) is 0 Å². The molecule has 0 heterocycles. The van der Waals surface area contributed by atoms with E-state index in [9.17, 15) is 4.79 Å². The van der Waals surface area contributed by atoms with Crippen LogP contribution < -0.4 is 10.6 Å². The van der Waals surface area contributed by atoms with Crippen LogP contribution in [0.3, 0.4) is 0 Å². The van der Waals surface area contributed by atoms with Gasteiger partial charge in [-0.05, 0) is 44.4 Å². The molecule has 98 valence electrons. The summed E-state index contributed by atoms with van der Waals surface area (Å²) in [6.07, 6.45) is 2.88. The predicted octanol–water partition coefficient (Wildman–Crippen LogP) is 1.52. The highest BCUT2D eigenvalue weighted by atomic mass is 16.1. The molecule has 0 aromatic heterocycles. The second-order valence-electron chi connectivity index (χ2n) is 5.14. The lowest BCUT2D eigenvalue weighted by molar-refractivity contribution is -0.125. The number of hydrogen-bond donors (Lipinski definition) is 2. The van der Waals surface area contributed by atoms with Crippen molar-refractivity contribution in [2.75, 3.05) is 13.6 Å². The molecule has 1 aromatic rings. The molecule has 2 unspecified atom stereocenters. The van der Waals surface area contributed by atoms with Crippen molar-refractivity contribution >= 4 is 5.91 Å². The summed E-state index contributed by atoms with van der Waals surface area (Å²) in [7, 11) is 1.91. The van der Waals surface area contributed by atoms with Crippen LogP contribution in [-0.4, -0.2) is 25.5 Å². The summed E-state index contributed by atoms with van der Waals surface area (Å²) in [5, 5.41) is 6.16. The number of rotatable bonds is 4. The molecule has 3 nitrogen and oxygen atoms in total. The fourth-order valence-corrected chi connectivity index (χ4v) is 2.42. The Balaban J connectivity index is 1.90. The van der Waals surface area contributed by atoms with Gasteiger partial charge in [0.2, 0.25) is 5.91 Å².